The number of aryl methyl sites for hydroxylation is 3. The molecule has 10 rings (SSSR count). The SMILES string of the molecule is CCN1C(=CC=CC2=[N+](CCCCCC(=O)ON3C(=O)CCC3=O)c3ccc(C)cc3C2(C)C)C(C)(C)c2cc(C)ccc21.CCN1C(=CC=CC=CC2=[N+](CCCCCC(=O)ON3C(=O)CCC3=O)c3ccc(S(=O)(=O)[O-])cc3C2(C)C)C(C)(C)c2cc(C)ccc21. The smallest absolute Gasteiger partial charge is 0.333 e. The van der Waals surface area contributed by atoms with E-state index in [1.165, 1.54) is 79.7 Å². The fourth-order valence-corrected chi connectivity index (χ4v) is 14.5. The summed E-state index contributed by atoms with van der Waals surface area (Å²) in [4.78, 5) is 85.9. The van der Waals surface area contributed by atoms with Crippen molar-refractivity contribution in [3.05, 3.63) is 172 Å². The Morgan fingerprint density at radius 2 is 0.882 bits per heavy atom. The molecule has 4 aromatic carbocycles. The molecule has 0 atom stereocenters. The lowest BCUT2D eigenvalue weighted by Gasteiger charge is -2.25. The van der Waals surface area contributed by atoms with Crippen LogP contribution in [0.1, 0.15) is 185 Å². The Hall–Kier alpha value is -8.35. The van der Waals surface area contributed by atoms with Gasteiger partial charge in [0.05, 0.1) is 15.7 Å². The normalized spacial score (nSPS) is 19.3. The van der Waals surface area contributed by atoms with E-state index in [0.29, 0.717) is 42.4 Å². The van der Waals surface area contributed by atoms with Crippen LogP contribution in [0.5, 0.6) is 0 Å². The Kier molecular flexibility index (Phi) is 20.5. The summed E-state index contributed by atoms with van der Waals surface area (Å²) in [6.07, 6.45) is 21.8. The summed E-state index contributed by atoms with van der Waals surface area (Å²) in [7, 11) is -4.64. The van der Waals surface area contributed by atoms with E-state index in [-0.39, 0.29) is 59.7 Å². The van der Waals surface area contributed by atoms with Crippen LogP contribution >= 0.6 is 0 Å². The van der Waals surface area contributed by atoms with Gasteiger partial charge in [0.15, 0.2) is 11.4 Å². The number of nitrogens with zero attached hydrogens (tertiary/aromatic N) is 6. The van der Waals surface area contributed by atoms with Crippen LogP contribution in [-0.4, -0.2) is 105 Å². The lowest BCUT2D eigenvalue weighted by molar-refractivity contribution is -0.438. The number of allylic oxidation sites excluding steroid dienone is 10. The zero-order valence-electron chi connectivity index (χ0n) is 56.4. The molecule has 6 aliphatic rings. The van der Waals surface area contributed by atoms with Crippen molar-refractivity contribution in [2.75, 3.05) is 36.0 Å². The van der Waals surface area contributed by atoms with Gasteiger partial charge in [-0.05, 0) is 142 Å². The van der Waals surface area contributed by atoms with Gasteiger partial charge < -0.3 is 24.0 Å². The fraction of sp³-hybridized carbons (Fsp3) is 0.440. The number of carbonyl (C=O) groups excluding carboxylic acids is 6. The number of likely N-dealkylation sites (N-methyl/N-ethyl adjacent to an activating group) is 2. The third kappa shape index (κ3) is 14.3. The van der Waals surface area contributed by atoms with E-state index in [4.69, 9.17) is 9.68 Å². The van der Waals surface area contributed by atoms with Gasteiger partial charge in [0.25, 0.3) is 23.6 Å². The minimum atomic E-state index is -4.64. The predicted molar refractivity (Wildman–Crippen MR) is 361 cm³/mol. The van der Waals surface area contributed by atoms with Crippen molar-refractivity contribution in [1.29, 1.82) is 0 Å². The van der Waals surface area contributed by atoms with Gasteiger partial charge in [-0.15, -0.1) is 10.1 Å². The lowest BCUT2D eigenvalue weighted by Crippen LogP contribution is -2.31. The van der Waals surface area contributed by atoms with Crippen LogP contribution in [0.3, 0.4) is 0 Å². The van der Waals surface area contributed by atoms with Gasteiger partial charge in [0, 0.05) is 133 Å². The van der Waals surface area contributed by atoms with Crippen molar-refractivity contribution >= 4 is 79.9 Å². The molecular weight excluding hydrogens is 1190 g/mol. The molecule has 4 amide bonds. The van der Waals surface area contributed by atoms with Crippen molar-refractivity contribution < 1.29 is 60.6 Å². The summed E-state index contributed by atoms with van der Waals surface area (Å²) in [6, 6.07) is 24.6. The first-order valence-corrected chi connectivity index (χ1v) is 34.2. The monoisotopic (exact) mass is 1280 g/mol. The standard InChI is InChI=1S/C38H45N3O7S.C37H46N3O4/c1-7-39-30-19-17-26(2)24-28(30)37(3,4)32(39)14-10-8-11-15-33-38(5,6)29-25-27(49(45,46)47)18-20-31(29)40(33)23-13-9-12-16-36(44)48-41-34(42)21-22-35(41)43;1-8-38-29-18-16-25(2)23-27(29)36(4,5)31(38)13-12-14-32-37(6,7)28-24-26(3)17-19-30(28)39(32)22-11-9-10-15-35(43)44-40-33(41)20-21-34(40)42/h8,10-11,14-15,17-20,24-25H,7,9,12-13,16,21-23H2,1-6H3;12-14,16-19,23-24H,8-11,15,20-22H2,1-7H3/q;+1. The molecular formula is C75H91N6O11S+. The number of imide groups is 2. The van der Waals surface area contributed by atoms with Gasteiger partial charge in [-0.2, -0.15) is 9.15 Å². The molecule has 0 N–H and O–H groups in total. The maximum Gasteiger partial charge on any atom is 0.333 e. The summed E-state index contributed by atoms with van der Waals surface area (Å²) < 4.78 is 40.3. The molecule has 6 heterocycles. The number of anilines is 2. The molecule has 0 unspecified atom stereocenters. The molecule has 6 aliphatic heterocycles. The van der Waals surface area contributed by atoms with Crippen molar-refractivity contribution in [2.24, 2.45) is 0 Å². The van der Waals surface area contributed by atoms with Crippen LogP contribution < -0.4 is 9.80 Å². The summed E-state index contributed by atoms with van der Waals surface area (Å²) in [5.41, 5.74) is 16.9. The molecule has 17 nitrogen and oxygen atoms in total. The maximum atomic E-state index is 12.2. The molecule has 2 saturated heterocycles. The summed E-state index contributed by atoms with van der Waals surface area (Å²) in [5.74, 6) is -3.06. The van der Waals surface area contributed by atoms with Gasteiger partial charge in [-0.25, -0.2) is 18.0 Å². The van der Waals surface area contributed by atoms with E-state index < -0.39 is 51.1 Å². The quantitative estimate of drug-likeness (QED) is 0.0237. The third-order valence-electron chi connectivity index (χ3n) is 19.1. The number of amides is 4. The molecule has 93 heavy (non-hydrogen) atoms. The number of benzene rings is 4. The van der Waals surface area contributed by atoms with Gasteiger partial charge in [0.1, 0.15) is 23.2 Å². The highest BCUT2D eigenvalue weighted by Gasteiger charge is 2.47. The number of carbonyl (C=O) groups is 6. The Bertz CT molecular complexity index is 3990. The molecule has 0 aromatic heterocycles. The van der Waals surface area contributed by atoms with E-state index in [2.05, 4.69) is 174 Å². The highest BCUT2D eigenvalue weighted by Crippen LogP contribution is 2.50. The van der Waals surface area contributed by atoms with E-state index >= 15 is 0 Å². The Labute approximate surface area is 549 Å². The first kappa shape index (κ1) is 69.0. The van der Waals surface area contributed by atoms with Crippen molar-refractivity contribution in [2.45, 2.75) is 194 Å². The number of fused-ring (bicyclic) bond motifs is 4. The predicted octanol–water partition coefficient (Wildman–Crippen LogP) is 13.4. The number of hydrogen-bond donors (Lipinski definition) is 0. The highest BCUT2D eigenvalue weighted by atomic mass is 32.2. The molecule has 18 heteroatoms. The molecule has 0 spiro atoms. The van der Waals surface area contributed by atoms with Crippen LogP contribution in [0.25, 0.3) is 0 Å². The Morgan fingerprint density at radius 1 is 0.495 bits per heavy atom. The van der Waals surface area contributed by atoms with E-state index in [9.17, 15) is 41.7 Å². The average molecular weight is 1280 g/mol. The van der Waals surface area contributed by atoms with Crippen LogP contribution in [-0.2, 0) is 70.2 Å². The van der Waals surface area contributed by atoms with Crippen LogP contribution in [0.15, 0.2) is 138 Å². The molecule has 0 bridgehead atoms. The molecule has 2 fully saturated rings. The van der Waals surface area contributed by atoms with Crippen molar-refractivity contribution in [1.82, 2.24) is 10.1 Å². The van der Waals surface area contributed by atoms with E-state index in [1.54, 1.807) is 6.07 Å². The molecule has 492 valence electrons. The third-order valence-corrected chi connectivity index (χ3v) is 19.9. The van der Waals surface area contributed by atoms with Gasteiger partial charge in [0.2, 0.25) is 11.4 Å². The van der Waals surface area contributed by atoms with Gasteiger partial charge in [-0.3, -0.25) is 19.2 Å². The molecule has 4 aromatic rings. The minimum absolute atomic E-state index is 0.0486. The first-order valence-electron chi connectivity index (χ1n) is 32.8. The molecule has 0 aliphatic carbocycles. The highest BCUT2D eigenvalue weighted by molar-refractivity contribution is 7.85. The largest absolute Gasteiger partial charge is 0.744 e. The molecule has 0 radical (unpaired) electrons. The minimum Gasteiger partial charge on any atom is -0.744 e. The Balaban J connectivity index is 0.000000221. The zero-order chi connectivity index (χ0) is 67.5. The summed E-state index contributed by atoms with van der Waals surface area (Å²) in [6.45, 7) is 31.7. The van der Waals surface area contributed by atoms with Gasteiger partial charge >= 0.3 is 11.9 Å². The summed E-state index contributed by atoms with van der Waals surface area (Å²) >= 11 is 0. The number of hydroxylamine groups is 4. The zero-order valence-corrected chi connectivity index (χ0v) is 57.3. The van der Waals surface area contributed by atoms with Crippen molar-refractivity contribution in [3.63, 3.8) is 0 Å². The van der Waals surface area contributed by atoms with Gasteiger partial charge in [-0.1, -0.05) is 99.0 Å². The lowest BCUT2D eigenvalue weighted by atomic mass is 9.80. The first-order chi connectivity index (χ1) is 43.9. The summed E-state index contributed by atoms with van der Waals surface area (Å²) in [5, 5.41) is 1.19. The van der Waals surface area contributed by atoms with Crippen LogP contribution in [0.2, 0.25) is 0 Å². The fourth-order valence-electron chi connectivity index (χ4n) is 14.0. The second-order valence-corrected chi connectivity index (χ2v) is 28.6. The number of rotatable bonds is 22. The van der Waals surface area contributed by atoms with Crippen molar-refractivity contribution in [3.8, 4) is 0 Å². The average Bonchev–Trinajstić information content (AvgIpc) is 1.62. The van der Waals surface area contributed by atoms with Crippen LogP contribution in [0.4, 0.5) is 22.7 Å². The molecule has 0 saturated carbocycles. The van der Waals surface area contributed by atoms with E-state index in [0.717, 1.165) is 49.4 Å². The second-order valence-electron chi connectivity index (χ2n) is 27.2. The topological polar surface area (TPSA) is 197 Å². The van der Waals surface area contributed by atoms with E-state index in [1.807, 2.05) is 38.2 Å². The maximum absolute atomic E-state index is 12.2. The van der Waals surface area contributed by atoms with Crippen LogP contribution in [0, 0.1) is 20.8 Å². The second kappa shape index (κ2) is 27.7. The number of hydrogen-bond acceptors (Lipinski definition) is 13. The Morgan fingerprint density at radius 3 is 1.31 bits per heavy atom. The number of unbranched alkanes of at least 4 members (excludes halogenated alkanes) is 4.